The molecule has 6 atom stereocenters. The van der Waals surface area contributed by atoms with Crippen molar-refractivity contribution in [3.63, 3.8) is 0 Å². The van der Waals surface area contributed by atoms with Crippen LogP contribution < -0.4 is 0 Å². The van der Waals surface area contributed by atoms with Gasteiger partial charge in [0.2, 0.25) is 0 Å². The van der Waals surface area contributed by atoms with Crippen molar-refractivity contribution < 1.29 is 38.5 Å². The van der Waals surface area contributed by atoms with E-state index in [0.29, 0.717) is 6.42 Å². The van der Waals surface area contributed by atoms with E-state index in [1.165, 1.54) is 13.0 Å². The van der Waals surface area contributed by atoms with Gasteiger partial charge in [-0.25, -0.2) is 9.59 Å². The fourth-order valence-electron chi connectivity index (χ4n) is 3.49. The first-order chi connectivity index (χ1) is 13.4. The van der Waals surface area contributed by atoms with Crippen molar-refractivity contribution in [1.82, 2.24) is 0 Å². The molecule has 1 N–H and O–H groups in total. The number of esters is 3. The molecule has 8 heteroatoms. The van der Waals surface area contributed by atoms with Crippen molar-refractivity contribution in [2.24, 2.45) is 11.8 Å². The van der Waals surface area contributed by atoms with Crippen molar-refractivity contribution in [3.05, 3.63) is 36.5 Å². The monoisotopic (exact) mass is 406 g/mol. The van der Waals surface area contributed by atoms with Gasteiger partial charge in [-0.05, 0) is 32.3 Å². The lowest BCUT2D eigenvalue weighted by molar-refractivity contribution is -0.194. The zero-order chi connectivity index (χ0) is 22.1. The number of allylic oxidation sites excluding steroid dienone is 1. The fraction of sp³-hybridized carbons (Fsp3) is 0.524. The zero-order valence-corrected chi connectivity index (χ0v) is 17.0. The van der Waals surface area contributed by atoms with Crippen LogP contribution in [0.4, 0.5) is 0 Å². The summed E-state index contributed by atoms with van der Waals surface area (Å²) in [6, 6.07) is 0. The van der Waals surface area contributed by atoms with Crippen LogP contribution in [0.1, 0.15) is 34.1 Å². The van der Waals surface area contributed by atoms with Crippen molar-refractivity contribution in [2.75, 3.05) is 0 Å². The highest BCUT2D eigenvalue weighted by atomic mass is 16.6. The maximum Gasteiger partial charge on any atom is 0.334 e. The largest absolute Gasteiger partial charge is 0.458 e. The molecule has 2 rings (SSSR count). The van der Waals surface area contributed by atoms with Crippen LogP contribution in [0.15, 0.2) is 36.5 Å². The lowest BCUT2D eigenvalue weighted by Crippen LogP contribution is -2.58. The highest BCUT2D eigenvalue weighted by Crippen LogP contribution is 2.40. The van der Waals surface area contributed by atoms with E-state index in [1.807, 2.05) is 6.92 Å². The number of hydrogen-bond donors (Lipinski definition) is 1. The van der Waals surface area contributed by atoms with Gasteiger partial charge in [-0.15, -0.1) is 0 Å². The van der Waals surface area contributed by atoms with Crippen molar-refractivity contribution >= 4 is 23.7 Å². The van der Waals surface area contributed by atoms with Gasteiger partial charge >= 0.3 is 17.9 Å². The number of ketones is 1. The summed E-state index contributed by atoms with van der Waals surface area (Å²) >= 11 is 0. The van der Waals surface area contributed by atoms with E-state index in [4.69, 9.17) is 14.2 Å². The van der Waals surface area contributed by atoms with Gasteiger partial charge in [0, 0.05) is 18.1 Å². The number of rotatable bonds is 3. The Morgan fingerprint density at radius 3 is 2.45 bits per heavy atom. The van der Waals surface area contributed by atoms with Crippen LogP contribution in [-0.2, 0) is 33.4 Å². The molecule has 0 radical (unpaired) electrons. The van der Waals surface area contributed by atoms with Crippen LogP contribution >= 0.6 is 0 Å². The first kappa shape index (κ1) is 22.5. The normalized spacial score (nSPS) is 35.9. The molecule has 1 fully saturated rings. The quantitative estimate of drug-likeness (QED) is 0.425. The Kier molecular flexibility index (Phi) is 6.47. The molecule has 1 aliphatic heterocycles. The number of ether oxygens (including phenoxy) is 3. The molecular weight excluding hydrogens is 380 g/mol. The SMILES string of the molecule is C=C(C)C(=O)O[C@H]1[C@H]2C(=C)C(=O)O[C@@H]2C[C@@H](C)/C=C/C(=O)[C@](C)(O)[C@@H]1OC(C)=O. The molecule has 1 aliphatic carbocycles. The van der Waals surface area contributed by atoms with E-state index in [2.05, 4.69) is 13.2 Å². The lowest BCUT2D eigenvalue weighted by Gasteiger charge is -2.39. The predicted molar refractivity (Wildman–Crippen MR) is 101 cm³/mol. The second kappa shape index (κ2) is 8.32. The van der Waals surface area contributed by atoms with E-state index in [1.54, 1.807) is 6.08 Å². The van der Waals surface area contributed by atoms with Crippen molar-refractivity contribution in [2.45, 2.75) is 58.0 Å². The summed E-state index contributed by atoms with van der Waals surface area (Å²) in [7, 11) is 0. The molecule has 0 bridgehead atoms. The summed E-state index contributed by atoms with van der Waals surface area (Å²) < 4.78 is 16.2. The summed E-state index contributed by atoms with van der Waals surface area (Å²) in [5, 5.41) is 11.0. The molecular formula is C21H26O8. The molecule has 0 saturated carbocycles. The van der Waals surface area contributed by atoms with Gasteiger partial charge in [0.05, 0.1) is 5.92 Å². The topological polar surface area (TPSA) is 116 Å². The molecule has 0 unspecified atom stereocenters. The third-order valence-corrected chi connectivity index (χ3v) is 5.09. The van der Waals surface area contributed by atoms with Gasteiger partial charge in [-0.2, -0.15) is 0 Å². The second-order valence-corrected chi connectivity index (χ2v) is 7.76. The molecule has 0 amide bonds. The minimum Gasteiger partial charge on any atom is -0.458 e. The van der Waals surface area contributed by atoms with Gasteiger partial charge in [0.25, 0.3) is 0 Å². The minimum absolute atomic E-state index is 0.00618. The molecule has 2 aliphatic rings. The van der Waals surface area contributed by atoms with Crippen LogP contribution in [0.5, 0.6) is 0 Å². The number of aliphatic hydroxyl groups is 1. The Morgan fingerprint density at radius 2 is 1.90 bits per heavy atom. The van der Waals surface area contributed by atoms with E-state index in [9.17, 15) is 24.3 Å². The van der Waals surface area contributed by atoms with Crippen LogP contribution in [0.2, 0.25) is 0 Å². The van der Waals surface area contributed by atoms with Crippen LogP contribution in [-0.4, -0.2) is 52.7 Å². The number of carbonyl (C=O) groups is 4. The standard InChI is InChI=1S/C21H26O8/c1-10(2)19(24)29-17-16-12(4)20(25)28-14(16)9-11(3)7-8-15(23)21(6,26)18(17)27-13(5)22/h7-8,11,14,16-18,26H,1,4,9H2,2-3,5-6H3/b8-7+/t11-,14+,16-,17-,18+,21-/m0/s1. The number of carbonyl (C=O) groups excluding carboxylic acids is 4. The lowest BCUT2D eigenvalue weighted by atomic mass is 9.77. The van der Waals surface area contributed by atoms with E-state index in [-0.39, 0.29) is 17.1 Å². The minimum atomic E-state index is -2.24. The van der Waals surface area contributed by atoms with E-state index >= 15 is 0 Å². The first-order valence-electron chi connectivity index (χ1n) is 9.24. The third kappa shape index (κ3) is 4.64. The highest BCUT2D eigenvalue weighted by Gasteiger charge is 2.55. The van der Waals surface area contributed by atoms with Gasteiger partial charge in [0.15, 0.2) is 23.6 Å². The molecule has 1 heterocycles. The zero-order valence-electron chi connectivity index (χ0n) is 17.0. The van der Waals surface area contributed by atoms with Gasteiger partial charge in [0.1, 0.15) is 6.10 Å². The summed E-state index contributed by atoms with van der Waals surface area (Å²) in [5.74, 6) is -4.17. The van der Waals surface area contributed by atoms with Gasteiger partial charge in [-0.1, -0.05) is 26.2 Å². The predicted octanol–water partition coefficient (Wildman–Crippen LogP) is 1.42. The maximum atomic E-state index is 12.7. The molecule has 158 valence electrons. The van der Waals surface area contributed by atoms with Crippen LogP contribution in [0.3, 0.4) is 0 Å². The van der Waals surface area contributed by atoms with Gasteiger partial charge in [-0.3, -0.25) is 9.59 Å². The number of fused-ring (bicyclic) bond motifs is 1. The second-order valence-electron chi connectivity index (χ2n) is 7.76. The third-order valence-electron chi connectivity index (χ3n) is 5.09. The summed E-state index contributed by atoms with van der Waals surface area (Å²) in [6.45, 7) is 12.7. The molecule has 0 spiro atoms. The Bertz CT molecular complexity index is 791. The average molecular weight is 406 g/mol. The molecule has 29 heavy (non-hydrogen) atoms. The smallest absolute Gasteiger partial charge is 0.334 e. The van der Waals surface area contributed by atoms with Gasteiger partial charge < -0.3 is 19.3 Å². The maximum absolute atomic E-state index is 12.7. The molecule has 8 nitrogen and oxygen atoms in total. The average Bonchev–Trinajstić information content (AvgIpc) is 2.88. The van der Waals surface area contributed by atoms with Crippen molar-refractivity contribution in [3.8, 4) is 0 Å². The van der Waals surface area contributed by atoms with E-state index < -0.39 is 53.5 Å². The Morgan fingerprint density at radius 1 is 1.28 bits per heavy atom. The van der Waals surface area contributed by atoms with Crippen LogP contribution in [0, 0.1) is 11.8 Å². The number of hydrogen-bond acceptors (Lipinski definition) is 8. The Labute approximate surface area is 169 Å². The summed E-state index contributed by atoms with van der Waals surface area (Å²) in [6.07, 6.45) is -0.676. The van der Waals surface area contributed by atoms with Crippen molar-refractivity contribution in [1.29, 1.82) is 0 Å². The molecule has 0 aromatic heterocycles. The summed E-state index contributed by atoms with van der Waals surface area (Å²) in [5.41, 5.74) is -2.18. The summed E-state index contributed by atoms with van der Waals surface area (Å²) in [4.78, 5) is 49.0. The highest BCUT2D eigenvalue weighted by molar-refractivity contribution is 5.98. The first-order valence-corrected chi connectivity index (χ1v) is 9.24. The van der Waals surface area contributed by atoms with Crippen LogP contribution in [0.25, 0.3) is 0 Å². The Hall–Kier alpha value is -2.74. The van der Waals surface area contributed by atoms with E-state index in [0.717, 1.165) is 13.8 Å². The fourth-order valence-corrected chi connectivity index (χ4v) is 3.49. The molecule has 1 saturated heterocycles. The molecule has 0 aromatic rings. The molecule has 0 aromatic carbocycles. The Balaban J connectivity index is 2.67.